The molecule has 0 bridgehead atoms. The van der Waals surface area contributed by atoms with Crippen LogP contribution in [0.4, 0.5) is 17.3 Å². The second kappa shape index (κ2) is 10.3. The van der Waals surface area contributed by atoms with Gasteiger partial charge >= 0.3 is 0 Å². The van der Waals surface area contributed by atoms with Crippen molar-refractivity contribution in [1.29, 1.82) is 0 Å². The van der Waals surface area contributed by atoms with E-state index in [0.29, 0.717) is 28.5 Å². The molecule has 2 aliphatic carbocycles. The van der Waals surface area contributed by atoms with Crippen molar-refractivity contribution < 1.29 is 14.3 Å². The van der Waals surface area contributed by atoms with Crippen molar-refractivity contribution in [2.45, 2.75) is 62.8 Å². The van der Waals surface area contributed by atoms with E-state index < -0.39 is 0 Å². The third kappa shape index (κ3) is 4.68. The van der Waals surface area contributed by atoms with Gasteiger partial charge in [-0.3, -0.25) is 9.59 Å². The van der Waals surface area contributed by atoms with E-state index >= 15 is 0 Å². The van der Waals surface area contributed by atoms with Gasteiger partial charge in [0.25, 0.3) is 11.5 Å². The molecule has 2 aliphatic rings. The van der Waals surface area contributed by atoms with Crippen LogP contribution in [0.2, 0.25) is 0 Å². The molecule has 0 aromatic carbocycles. The summed E-state index contributed by atoms with van der Waals surface area (Å²) in [6.45, 7) is 0. The van der Waals surface area contributed by atoms with Gasteiger partial charge in [-0.1, -0.05) is 0 Å². The summed E-state index contributed by atoms with van der Waals surface area (Å²) >= 11 is 0. The number of rotatable bonds is 8. The Morgan fingerprint density at radius 2 is 1.94 bits per heavy atom. The molecule has 3 heterocycles. The number of methoxy groups -OCH3 is 2. The average Bonchev–Trinajstić information content (AvgIpc) is 3.29. The van der Waals surface area contributed by atoms with Crippen LogP contribution in [-0.4, -0.2) is 64.6 Å². The molecule has 3 aromatic heterocycles. The Morgan fingerprint density at radius 1 is 1.14 bits per heavy atom. The Labute approximate surface area is 209 Å². The summed E-state index contributed by atoms with van der Waals surface area (Å²) in [6.07, 6.45) is 9.04. The predicted octanol–water partition coefficient (Wildman–Crippen LogP) is 2.71. The molecule has 0 aliphatic heterocycles. The van der Waals surface area contributed by atoms with E-state index in [4.69, 9.17) is 9.47 Å². The minimum atomic E-state index is -0.224. The molecule has 2 fully saturated rings. The van der Waals surface area contributed by atoms with Crippen molar-refractivity contribution in [1.82, 2.24) is 24.5 Å². The number of pyridine rings is 1. The van der Waals surface area contributed by atoms with Crippen LogP contribution in [0.5, 0.6) is 0 Å². The van der Waals surface area contributed by atoms with E-state index in [2.05, 4.69) is 26.0 Å². The summed E-state index contributed by atoms with van der Waals surface area (Å²) in [6, 6.07) is 5.50. The molecule has 192 valence electrons. The number of anilines is 3. The number of ether oxygens (including phenoxy) is 2. The number of nitrogens with one attached hydrogen (secondary N) is 3. The van der Waals surface area contributed by atoms with Crippen LogP contribution in [0, 0.1) is 0 Å². The Kier molecular flexibility index (Phi) is 6.92. The highest BCUT2D eigenvalue weighted by Crippen LogP contribution is 2.33. The second-order valence-electron chi connectivity index (χ2n) is 9.51. The molecule has 0 radical (unpaired) electrons. The maximum absolute atomic E-state index is 13.2. The first kappa shape index (κ1) is 24.3. The van der Waals surface area contributed by atoms with Gasteiger partial charge in [0.05, 0.1) is 18.4 Å². The van der Waals surface area contributed by atoms with E-state index in [-0.39, 0.29) is 35.8 Å². The third-order valence-electron chi connectivity index (χ3n) is 7.30. The lowest BCUT2D eigenvalue weighted by molar-refractivity contribution is 0.00522. The molecule has 3 aromatic rings. The first-order valence-corrected chi connectivity index (χ1v) is 12.4. The molecule has 0 spiro atoms. The number of hydrogen-bond acceptors (Lipinski definition) is 8. The van der Waals surface area contributed by atoms with Gasteiger partial charge in [-0.15, -0.1) is 0 Å². The average molecular weight is 496 g/mol. The van der Waals surface area contributed by atoms with Crippen LogP contribution in [0.3, 0.4) is 0 Å². The van der Waals surface area contributed by atoms with Gasteiger partial charge in [0.1, 0.15) is 22.9 Å². The highest BCUT2D eigenvalue weighted by atomic mass is 16.5. The number of nitrogens with zero attached hydrogens (tertiary/aromatic N) is 4. The standard InChI is InChI=1S/C25H33N7O4/c1-26-22-13-21(29-20-8-5-9-31(25(20)34)16-11-18(12-16)36-3)30-23-19(14-27-32(22)23)24(33)28-15-6-4-7-17(10-15)35-2/h5,8-9,13-18,26H,4,6-7,10-12H2,1-3H3,(H,28,33)(H,29,30)/t15-,16-,17-,18+/m0/s1. The molecule has 2 saturated carbocycles. The van der Waals surface area contributed by atoms with Crippen molar-refractivity contribution in [3.8, 4) is 0 Å². The molecule has 0 unspecified atom stereocenters. The van der Waals surface area contributed by atoms with Crippen LogP contribution in [0.25, 0.3) is 5.65 Å². The van der Waals surface area contributed by atoms with E-state index in [0.717, 1.165) is 38.5 Å². The summed E-state index contributed by atoms with van der Waals surface area (Å²) in [5.41, 5.74) is 1.07. The van der Waals surface area contributed by atoms with Crippen molar-refractivity contribution in [2.24, 2.45) is 0 Å². The summed E-state index contributed by atoms with van der Waals surface area (Å²) in [7, 11) is 5.17. The maximum atomic E-state index is 13.2. The fourth-order valence-corrected chi connectivity index (χ4v) is 5.11. The third-order valence-corrected chi connectivity index (χ3v) is 7.30. The monoisotopic (exact) mass is 495 g/mol. The second-order valence-corrected chi connectivity index (χ2v) is 9.51. The van der Waals surface area contributed by atoms with Crippen LogP contribution >= 0.6 is 0 Å². The molecule has 3 N–H and O–H groups in total. The van der Waals surface area contributed by atoms with Crippen molar-refractivity contribution in [3.63, 3.8) is 0 Å². The number of amides is 1. The number of hydrogen-bond donors (Lipinski definition) is 3. The smallest absolute Gasteiger partial charge is 0.274 e. The Hall–Kier alpha value is -3.44. The van der Waals surface area contributed by atoms with Gasteiger partial charge in [-0.05, 0) is 50.7 Å². The fourth-order valence-electron chi connectivity index (χ4n) is 5.11. The molecule has 5 rings (SSSR count). The topological polar surface area (TPSA) is 124 Å². The quantitative estimate of drug-likeness (QED) is 0.436. The Bertz CT molecular complexity index is 1300. The van der Waals surface area contributed by atoms with Gasteiger partial charge in [0.2, 0.25) is 0 Å². The first-order chi connectivity index (χ1) is 17.5. The fraction of sp³-hybridized carbons (Fsp3) is 0.520. The van der Waals surface area contributed by atoms with Gasteiger partial charge in [-0.2, -0.15) is 9.61 Å². The summed E-state index contributed by atoms with van der Waals surface area (Å²) in [4.78, 5) is 31.0. The van der Waals surface area contributed by atoms with Gasteiger partial charge in [0, 0.05) is 45.6 Å². The van der Waals surface area contributed by atoms with Gasteiger partial charge < -0.3 is 30.0 Å². The predicted molar refractivity (Wildman–Crippen MR) is 136 cm³/mol. The highest BCUT2D eigenvalue weighted by molar-refractivity contribution is 6.00. The Balaban J connectivity index is 1.40. The zero-order valence-electron chi connectivity index (χ0n) is 20.9. The normalized spacial score (nSPS) is 23.8. The number of fused-ring (bicyclic) bond motifs is 1. The van der Waals surface area contributed by atoms with Crippen LogP contribution in [-0.2, 0) is 9.47 Å². The molecular formula is C25H33N7O4. The van der Waals surface area contributed by atoms with Crippen LogP contribution in [0.15, 0.2) is 35.4 Å². The van der Waals surface area contributed by atoms with Crippen LogP contribution in [0.1, 0.15) is 54.9 Å². The first-order valence-electron chi connectivity index (χ1n) is 12.4. The van der Waals surface area contributed by atoms with Crippen molar-refractivity contribution in [3.05, 3.63) is 46.5 Å². The van der Waals surface area contributed by atoms with E-state index in [1.54, 1.807) is 48.7 Å². The van der Waals surface area contributed by atoms with Gasteiger partial charge in [-0.25, -0.2) is 4.98 Å². The van der Waals surface area contributed by atoms with Gasteiger partial charge in [0.15, 0.2) is 5.65 Å². The lowest BCUT2D eigenvalue weighted by atomic mass is 9.89. The zero-order chi connectivity index (χ0) is 25.2. The van der Waals surface area contributed by atoms with Crippen LogP contribution < -0.4 is 21.5 Å². The minimum Gasteiger partial charge on any atom is -0.381 e. The largest absolute Gasteiger partial charge is 0.381 e. The molecular weight excluding hydrogens is 462 g/mol. The lowest BCUT2D eigenvalue weighted by Crippen LogP contribution is -2.40. The minimum absolute atomic E-state index is 0.0447. The summed E-state index contributed by atoms with van der Waals surface area (Å²) in [5, 5.41) is 13.7. The van der Waals surface area contributed by atoms with E-state index in [9.17, 15) is 9.59 Å². The maximum Gasteiger partial charge on any atom is 0.274 e. The van der Waals surface area contributed by atoms with Crippen molar-refractivity contribution >= 4 is 28.9 Å². The van der Waals surface area contributed by atoms with Crippen molar-refractivity contribution in [2.75, 3.05) is 31.9 Å². The number of aromatic nitrogens is 4. The summed E-state index contributed by atoms with van der Waals surface area (Å²) in [5.74, 6) is 0.854. The highest BCUT2D eigenvalue weighted by Gasteiger charge is 2.31. The number of carbonyl (C=O) groups is 1. The zero-order valence-corrected chi connectivity index (χ0v) is 20.9. The molecule has 36 heavy (non-hydrogen) atoms. The molecule has 11 heteroatoms. The Morgan fingerprint density at radius 3 is 2.69 bits per heavy atom. The van der Waals surface area contributed by atoms with E-state index in [1.165, 1.54) is 6.20 Å². The SMILES string of the molecule is CNc1cc(Nc2cccn([C@H]3C[C@@H](OC)C3)c2=O)nc2c(C(=O)N[C@H]3CCC[C@H](OC)C3)cnn12. The lowest BCUT2D eigenvalue weighted by Gasteiger charge is -2.35. The molecule has 0 saturated heterocycles. The molecule has 11 nitrogen and oxygen atoms in total. The molecule has 2 atom stereocenters. The van der Waals surface area contributed by atoms with E-state index in [1.807, 2.05) is 6.07 Å². The molecule has 1 amide bonds. The summed E-state index contributed by atoms with van der Waals surface area (Å²) < 4.78 is 14.2. The number of carbonyl (C=O) groups excluding carboxylic acids is 1.